The van der Waals surface area contributed by atoms with Crippen molar-refractivity contribution in [2.75, 3.05) is 52.9 Å². The van der Waals surface area contributed by atoms with E-state index in [-0.39, 0.29) is 0 Å². The first-order valence-corrected chi connectivity index (χ1v) is 54.6. The molecule has 24 heteroatoms. The average molecular weight is 1430 g/mol. The molecule has 3 saturated carbocycles. The van der Waals surface area contributed by atoms with Crippen LogP contribution < -0.4 is 15.6 Å². The van der Waals surface area contributed by atoms with Crippen LogP contribution in [0.2, 0.25) is 78.1 Å². The molecule has 14 rings (SSSR count). The number of rotatable bonds is 6. The molecule has 8 heterocycles. The minimum atomic E-state index is -2.51. The summed E-state index contributed by atoms with van der Waals surface area (Å²) in [4.78, 5) is 80.5. The standard InChI is InChI=1S/2C10H20O2Si.3C10H14O2Si.C9H18O2Si.2C5H12O2Si/c5*11-13(9-5-4-8-12-13)10-6-2-1-3-7-10;10-12(8-4-3-7-11-12)9-5-1-2-6-9;2*1-8(6)5-3-2-4-7-8/h2*10-11H,1-9H2;3*1-3,6-7,11H,4-5,8-9H2;9-10H,1-8H2;2*6H,2-5H2,1H3. The van der Waals surface area contributed by atoms with Crippen molar-refractivity contribution in [1.29, 1.82) is 0 Å². The van der Waals surface area contributed by atoms with Crippen molar-refractivity contribution in [1.82, 2.24) is 0 Å². The van der Waals surface area contributed by atoms with E-state index in [4.69, 9.17) is 35.4 Å². The molecule has 0 bridgehead atoms. The van der Waals surface area contributed by atoms with Gasteiger partial charge in [0.05, 0.1) is 0 Å². The van der Waals surface area contributed by atoms with Gasteiger partial charge in [0.2, 0.25) is 0 Å². The summed E-state index contributed by atoms with van der Waals surface area (Å²) in [5.41, 5.74) is 1.68. The lowest BCUT2D eigenvalue weighted by atomic mass is 10.0. The Balaban J connectivity index is 0.000000151. The highest BCUT2D eigenvalue weighted by molar-refractivity contribution is 6.81. The summed E-state index contributed by atoms with van der Waals surface area (Å²) in [5.74, 6) is 0. The van der Waals surface area contributed by atoms with Gasteiger partial charge in [0.25, 0.3) is 0 Å². The second-order valence-corrected chi connectivity index (χ2v) is 53.4. The molecule has 528 valence electrons. The molecule has 0 aromatic heterocycles. The van der Waals surface area contributed by atoms with Crippen molar-refractivity contribution in [2.24, 2.45) is 0 Å². The first-order chi connectivity index (χ1) is 44.8. The van der Waals surface area contributed by atoms with E-state index >= 15 is 0 Å². The van der Waals surface area contributed by atoms with E-state index in [1.165, 1.54) is 109 Å². The lowest BCUT2D eigenvalue weighted by molar-refractivity contribution is 0.181. The van der Waals surface area contributed by atoms with Crippen LogP contribution >= 0.6 is 0 Å². The Morgan fingerprint density at radius 1 is 0.237 bits per heavy atom. The van der Waals surface area contributed by atoms with Gasteiger partial charge < -0.3 is 73.8 Å². The highest BCUT2D eigenvalue weighted by Gasteiger charge is 2.47. The average Bonchev–Trinajstić information content (AvgIpc) is 3.80. The fraction of sp³-hybridized carbons (Fsp3) is 0.739. The molecule has 8 N–H and O–H groups in total. The zero-order chi connectivity index (χ0) is 66.3. The van der Waals surface area contributed by atoms with Gasteiger partial charge in [0.15, 0.2) is 0 Å². The van der Waals surface area contributed by atoms with Crippen molar-refractivity contribution >= 4 is 84.0 Å². The molecule has 3 aromatic carbocycles. The zero-order valence-electron chi connectivity index (χ0n) is 57.3. The molecule has 93 heavy (non-hydrogen) atoms. The van der Waals surface area contributed by atoms with E-state index in [0.717, 1.165) is 200 Å². The van der Waals surface area contributed by atoms with E-state index in [1.54, 1.807) is 0 Å². The Labute approximate surface area is 568 Å². The Morgan fingerprint density at radius 3 is 0.634 bits per heavy atom. The largest absolute Gasteiger partial charge is 0.411 e. The number of hydrogen-bond donors (Lipinski definition) is 8. The predicted molar refractivity (Wildman–Crippen MR) is 390 cm³/mol. The SMILES string of the molecule is C[Si]1(O)CCCCO1.C[Si]1(O)CCCCO1.O[Si]1(C2CCCC2)CCCCO1.O[Si]1(C2CCCCC2)CCCCO1.O[Si]1(C2CCCCC2)CCCCO1.O[Si]1(c2ccccc2)CCCCO1.O[Si]1(c2ccccc2)CCCCO1.O[Si]1(c2ccccc2)CCCCO1. The van der Waals surface area contributed by atoms with Gasteiger partial charge in [-0.25, -0.2) is 0 Å². The van der Waals surface area contributed by atoms with Crippen LogP contribution in [0.15, 0.2) is 91.0 Å². The van der Waals surface area contributed by atoms with Gasteiger partial charge in [-0.05, 0) is 218 Å². The van der Waals surface area contributed by atoms with Crippen molar-refractivity contribution in [2.45, 2.75) is 271 Å². The summed E-state index contributed by atoms with van der Waals surface area (Å²) in [6.45, 7) is 9.88. The first kappa shape index (κ1) is 79.1. The van der Waals surface area contributed by atoms with Gasteiger partial charge in [-0.15, -0.1) is 0 Å². The summed E-state index contributed by atoms with van der Waals surface area (Å²) in [7, 11) is -18.4. The molecule has 8 atom stereocenters. The van der Waals surface area contributed by atoms with Crippen molar-refractivity contribution in [3.63, 3.8) is 0 Å². The van der Waals surface area contributed by atoms with Gasteiger partial charge in [0.1, 0.15) is 0 Å². The molecular weight excluding hydrogens is 1310 g/mol. The molecular formula is C69H124O16Si8. The fourth-order valence-electron chi connectivity index (χ4n) is 14.8. The topological polar surface area (TPSA) is 236 Å². The van der Waals surface area contributed by atoms with Crippen LogP contribution in [0.1, 0.15) is 193 Å². The molecule has 0 amide bonds. The van der Waals surface area contributed by atoms with Crippen LogP contribution in [0.5, 0.6) is 0 Å². The van der Waals surface area contributed by atoms with Crippen LogP contribution in [-0.4, -0.2) is 160 Å². The van der Waals surface area contributed by atoms with Crippen molar-refractivity contribution < 1.29 is 73.8 Å². The van der Waals surface area contributed by atoms with Gasteiger partial charge in [-0.3, -0.25) is 0 Å². The van der Waals surface area contributed by atoms with Crippen LogP contribution in [0, 0.1) is 0 Å². The minimum absolute atomic E-state index is 0.557. The van der Waals surface area contributed by atoms with Crippen LogP contribution in [0.3, 0.4) is 0 Å². The second-order valence-electron chi connectivity index (χ2n) is 28.4. The molecule has 16 nitrogen and oxygen atoms in total. The Hall–Kier alpha value is -1.24. The van der Waals surface area contributed by atoms with E-state index in [1.807, 2.05) is 104 Å². The van der Waals surface area contributed by atoms with Gasteiger partial charge >= 0.3 is 68.5 Å². The Kier molecular flexibility index (Phi) is 34.8. The second kappa shape index (κ2) is 40.9. The van der Waals surface area contributed by atoms with E-state index in [0.29, 0.717) is 16.6 Å². The smallest absolute Gasteiger partial charge is 0.369 e. The highest BCUT2D eigenvalue weighted by atomic mass is 28.4. The highest BCUT2D eigenvalue weighted by Crippen LogP contribution is 2.43. The van der Waals surface area contributed by atoms with Crippen LogP contribution in [-0.2, 0) is 35.4 Å². The molecule has 3 aromatic rings. The third kappa shape index (κ3) is 27.3. The third-order valence-electron chi connectivity index (χ3n) is 20.6. The summed E-state index contributed by atoms with van der Waals surface area (Å²) in [6.07, 6.45) is 36.1. The molecule has 8 aliphatic heterocycles. The summed E-state index contributed by atoms with van der Waals surface area (Å²) < 4.78 is 44.0. The summed E-state index contributed by atoms with van der Waals surface area (Å²) in [6, 6.07) is 36.8. The number of benzene rings is 3. The lowest BCUT2D eigenvalue weighted by Gasteiger charge is -2.37. The molecule has 8 saturated heterocycles. The van der Waals surface area contributed by atoms with Crippen LogP contribution in [0.25, 0.3) is 0 Å². The quantitative estimate of drug-likeness (QED) is 0.107. The Bertz CT molecular complexity index is 2190. The van der Waals surface area contributed by atoms with Gasteiger partial charge in [-0.1, -0.05) is 142 Å². The lowest BCUT2D eigenvalue weighted by Crippen LogP contribution is -2.53. The Morgan fingerprint density at radius 2 is 0.452 bits per heavy atom. The molecule has 0 radical (unpaired) electrons. The van der Waals surface area contributed by atoms with Crippen LogP contribution in [0.4, 0.5) is 0 Å². The van der Waals surface area contributed by atoms with Crippen molar-refractivity contribution in [3.05, 3.63) is 91.0 Å². The zero-order valence-corrected chi connectivity index (χ0v) is 65.3. The summed E-state index contributed by atoms with van der Waals surface area (Å²) in [5, 5.41) is 3.03. The van der Waals surface area contributed by atoms with Gasteiger partial charge in [-0.2, -0.15) is 0 Å². The molecule has 3 aliphatic carbocycles. The first-order valence-electron chi connectivity index (χ1n) is 36.9. The maximum atomic E-state index is 10.4. The maximum absolute atomic E-state index is 10.4. The van der Waals surface area contributed by atoms with E-state index in [2.05, 4.69) is 0 Å². The van der Waals surface area contributed by atoms with E-state index in [9.17, 15) is 38.4 Å². The fourth-order valence-corrected chi connectivity index (χ4v) is 35.7. The number of hydrogen-bond acceptors (Lipinski definition) is 16. The molecule has 8 unspecified atom stereocenters. The van der Waals surface area contributed by atoms with Crippen molar-refractivity contribution in [3.8, 4) is 0 Å². The monoisotopic (exact) mass is 1430 g/mol. The third-order valence-corrected chi connectivity index (χ3v) is 44.6. The predicted octanol–water partition coefficient (Wildman–Crippen LogP) is 12.4. The summed E-state index contributed by atoms with van der Waals surface area (Å²) >= 11 is 0. The maximum Gasteiger partial charge on any atom is 0.369 e. The molecule has 0 spiro atoms. The molecule has 11 fully saturated rings. The normalized spacial score (nSPS) is 34.4. The molecule has 11 aliphatic rings. The van der Waals surface area contributed by atoms with Gasteiger partial charge in [0, 0.05) is 69.5 Å². The van der Waals surface area contributed by atoms with E-state index < -0.39 is 68.5 Å². The minimum Gasteiger partial charge on any atom is -0.411 e.